The van der Waals surface area contributed by atoms with Gasteiger partial charge in [0.2, 0.25) is 6.41 Å². The molecule has 0 saturated heterocycles. The Hall–Kier alpha value is -3.07. The molecule has 0 spiro atoms. The SMILES string of the molecule is Fc1ccccc1Nc1nc(OCc2cccs2)ncc1F.NC=O. The van der Waals surface area contributed by atoms with Crippen LogP contribution >= 0.6 is 11.3 Å². The first-order valence-corrected chi connectivity index (χ1v) is 7.86. The molecule has 9 heteroatoms. The Morgan fingerprint density at radius 3 is 2.64 bits per heavy atom. The molecule has 130 valence electrons. The van der Waals surface area contributed by atoms with Gasteiger partial charge in [-0.15, -0.1) is 11.3 Å². The fourth-order valence-corrected chi connectivity index (χ4v) is 2.34. The van der Waals surface area contributed by atoms with Gasteiger partial charge in [-0.2, -0.15) is 4.98 Å². The molecule has 3 rings (SSSR count). The summed E-state index contributed by atoms with van der Waals surface area (Å²) in [6, 6.07) is 9.78. The van der Waals surface area contributed by atoms with E-state index < -0.39 is 11.6 Å². The maximum absolute atomic E-state index is 13.7. The average molecular weight is 364 g/mol. The Labute approximate surface area is 146 Å². The Kier molecular flexibility index (Phi) is 6.78. The summed E-state index contributed by atoms with van der Waals surface area (Å²) >= 11 is 1.53. The van der Waals surface area contributed by atoms with Gasteiger partial charge < -0.3 is 15.8 Å². The van der Waals surface area contributed by atoms with E-state index in [0.717, 1.165) is 11.1 Å². The smallest absolute Gasteiger partial charge is 0.318 e. The van der Waals surface area contributed by atoms with Gasteiger partial charge in [-0.1, -0.05) is 18.2 Å². The van der Waals surface area contributed by atoms with Crippen LogP contribution in [-0.4, -0.2) is 16.4 Å². The number of nitrogens with zero attached hydrogens (tertiary/aromatic N) is 2. The third-order valence-corrected chi connectivity index (χ3v) is 3.62. The molecular weight excluding hydrogens is 350 g/mol. The molecule has 0 atom stereocenters. The second-order valence-corrected chi connectivity index (χ2v) is 5.49. The van der Waals surface area contributed by atoms with E-state index in [1.54, 1.807) is 12.1 Å². The second kappa shape index (κ2) is 9.28. The minimum atomic E-state index is -0.688. The third-order valence-electron chi connectivity index (χ3n) is 2.77. The molecule has 25 heavy (non-hydrogen) atoms. The van der Waals surface area contributed by atoms with Crippen molar-refractivity contribution in [1.29, 1.82) is 0 Å². The first-order chi connectivity index (χ1) is 12.1. The Morgan fingerprint density at radius 1 is 1.20 bits per heavy atom. The summed E-state index contributed by atoms with van der Waals surface area (Å²) < 4.78 is 32.7. The van der Waals surface area contributed by atoms with Gasteiger partial charge >= 0.3 is 6.01 Å². The number of carbonyl (C=O) groups excluding carboxylic acids is 1. The molecule has 3 N–H and O–H groups in total. The van der Waals surface area contributed by atoms with E-state index in [1.165, 1.54) is 23.5 Å². The van der Waals surface area contributed by atoms with Crippen molar-refractivity contribution < 1.29 is 18.3 Å². The van der Waals surface area contributed by atoms with E-state index in [-0.39, 0.29) is 23.9 Å². The van der Waals surface area contributed by atoms with Crippen LogP contribution in [0.5, 0.6) is 6.01 Å². The van der Waals surface area contributed by atoms with E-state index in [4.69, 9.17) is 9.53 Å². The maximum atomic E-state index is 13.7. The predicted molar refractivity (Wildman–Crippen MR) is 90.6 cm³/mol. The van der Waals surface area contributed by atoms with Crippen LogP contribution < -0.4 is 15.8 Å². The van der Waals surface area contributed by atoms with Crippen LogP contribution in [-0.2, 0) is 11.4 Å². The molecule has 6 nitrogen and oxygen atoms in total. The van der Waals surface area contributed by atoms with Gasteiger partial charge in [-0.05, 0) is 23.6 Å². The lowest BCUT2D eigenvalue weighted by molar-refractivity contribution is -0.106. The lowest BCUT2D eigenvalue weighted by Crippen LogP contribution is -2.04. The van der Waals surface area contributed by atoms with Crippen molar-refractivity contribution in [1.82, 2.24) is 9.97 Å². The number of hydrogen-bond donors (Lipinski definition) is 2. The maximum Gasteiger partial charge on any atom is 0.318 e. The molecule has 1 amide bonds. The summed E-state index contributed by atoms with van der Waals surface area (Å²) in [5, 5.41) is 4.52. The highest BCUT2D eigenvalue weighted by Crippen LogP contribution is 2.22. The fourth-order valence-electron chi connectivity index (χ4n) is 1.73. The molecule has 0 unspecified atom stereocenters. The number of rotatable bonds is 5. The van der Waals surface area contributed by atoms with Crippen molar-refractivity contribution in [3.8, 4) is 6.01 Å². The largest absolute Gasteiger partial charge is 0.458 e. The zero-order chi connectivity index (χ0) is 18.1. The topological polar surface area (TPSA) is 90.1 Å². The highest BCUT2D eigenvalue weighted by atomic mass is 32.1. The Balaban J connectivity index is 0.000000701. The molecule has 0 radical (unpaired) electrons. The number of primary amides is 1. The van der Waals surface area contributed by atoms with Crippen LogP contribution in [0, 0.1) is 11.6 Å². The summed E-state index contributed by atoms with van der Waals surface area (Å²) in [5.74, 6) is -1.32. The van der Waals surface area contributed by atoms with Gasteiger partial charge in [0.05, 0.1) is 11.9 Å². The molecule has 3 aromatic rings. The third kappa shape index (κ3) is 5.50. The predicted octanol–water partition coefficient (Wildman–Crippen LogP) is 3.24. The zero-order valence-corrected chi connectivity index (χ0v) is 13.7. The highest BCUT2D eigenvalue weighted by Gasteiger charge is 2.10. The number of ether oxygens (including phenoxy) is 1. The standard InChI is InChI=1S/C15H11F2N3OS.CH3NO/c16-11-5-1-2-6-13(11)19-14-12(17)8-18-15(20-14)21-9-10-4-3-7-22-10;2-1-3/h1-8H,9H2,(H,18,19,20);1H,(H2,2,3). The van der Waals surface area contributed by atoms with E-state index in [2.05, 4.69) is 21.0 Å². The quantitative estimate of drug-likeness (QED) is 0.679. The summed E-state index contributed by atoms with van der Waals surface area (Å²) in [4.78, 5) is 17.3. The Bertz CT molecular complexity index is 816. The van der Waals surface area contributed by atoms with Gasteiger partial charge in [0.25, 0.3) is 0 Å². The van der Waals surface area contributed by atoms with Crippen LogP contribution in [0.4, 0.5) is 20.3 Å². The monoisotopic (exact) mass is 364 g/mol. The summed E-state index contributed by atoms with van der Waals surface area (Å²) in [6.45, 7) is 0.294. The van der Waals surface area contributed by atoms with Crippen molar-refractivity contribution >= 4 is 29.3 Å². The summed E-state index contributed by atoms with van der Waals surface area (Å²) in [5.41, 5.74) is 4.30. The van der Waals surface area contributed by atoms with Crippen molar-refractivity contribution in [3.63, 3.8) is 0 Å². The first-order valence-electron chi connectivity index (χ1n) is 6.98. The molecule has 0 aliphatic carbocycles. The van der Waals surface area contributed by atoms with Crippen LogP contribution in [0.3, 0.4) is 0 Å². The van der Waals surface area contributed by atoms with E-state index in [9.17, 15) is 8.78 Å². The van der Waals surface area contributed by atoms with Crippen LogP contribution in [0.1, 0.15) is 4.88 Å². The van der Waals surface area contributed by atoms with Crippen molar-refractivity contribution in [2.75, 3.05) is 5.32 Å². The number of anilines is 2. The molecule has 0 bridgehead atoms. The normalized spacial score (nSPS) is 9.68. The number of benzene rings is 1. The first kappa shape index (κ1) is 18.3. The van der Waals surface area contributed by atoms with Gasteiger partial charge in [0.15, 0.2) is 11.6 Å². The van der Waals surface area contributed by atoms with Crippen molar-refractivity contribution in [3.05, 3.63) is 64.5 Å². The minimum absolute atomic E-state index is 0.0219. The van der Waals surface area contributed by atoms with Crippen LogP contribution in [0.25, 0.3) is 0 Å². The van der Waals surface area contributed by atoms with Crippen LogP contribution in [0.2, 0.25) is 0 Å². The van der Waals surface area contributed by atoms with Gasteiger partial charge in [0, 0.05) is 4.88 Å². The highest BCUT2D eigenvalue weighted by molar-refractivity contribution is 7.09. The number of carbonyl (C=O) groups is 1. The number of nitrogens with two attached hydrogens (primary N) is 1. The number of thiophene rings is 1. The van der Waals surface area contributed by atoms with Gasteiger partial charge in [0.1, 0.15) is 12.4 Å². The van der Waals surface area contributed by atoms with E-state index >= 15 is 0 Å². The number of halogens is 2. The number of nitrogens with one attached hydrogen (secondary N) is 1. The molecule has 0 fully saturated rings. The molecule has 2 aromatic heterocycles. The van der Waals surface area contributed by atoms with Crippen molar-refractivity contribution in [2.45, 2.75) is 6.61 Å². The molecule has 1 aromatic carbocycles. The van der Waals surface area contributed by atoms with E-state index in [1.807, 2.05) is 17.5 Å². The zero-order valence-electron chi connectivity index (χ0n) is 12.9. The summed E-state index contributed by atoms with van der Waals surface area (Å²) in [7, 11) is 0. The van der Waals surface area contributed by atoms with Crippen LogP contribution in [0.15, 0.2) is 48.0 Å². The van der Waals surface area contributed by atoms with E-state index in [0.29, 0.717) is 6.61 Å². The molecule has 0 aliphatic rings. The minimum Gasteiger partial charge on any atom is -0.458 e. The number of aromatic nitrogens is 2. The number of amides is 1. The van der Waals surface area contributed by atoms with Gasteiger partial charge in [-0.25, -0.2) is 13.8 Å². The number of hydrogen-bond acceptors (Lipinski definition) is 6. The Morgan fingerprint density at radius 2 is 1.96 bits per heavy atom. The molecule has 0 aliphatic heterocycles. The van der Waals surface area contributed by atoms with Gasteiger partial charge in [-0.3, -0.25) is 4.79 Å². The number of para-hydroxylation sites is 1. The molecule has 0 saturated carbocycles. The lowest BCUT2D eigenvalue weighted by Gasteiger charge is -2.09. The molecular formula is C16H14F2N4O2S. The lowest BCUT2D eigenvalue weighted by atomic mass is 10.3. The fraction of sp³-hybridized carbons (Fsp3) is 0.0625. The second-order valence-electron chi connectivity index (χ2n) is 4.46. The summed E-state index contributed by atoms with van der Waals surface area (Å²) in [6.07, 6.45) is 1.24. The van der Waals surface area contributed by atoms with Crippen molar-refractivity contribution in [2.24, 2.45) is 5.73 Å². The molecule has 2 heterocycles. The average Bonchev–Trinajstić information content (AvgIpc) is 3.12.